The molecule has 0 saturated carbocycles. The highest BCUT2D eigenvalue weighted by Crippen LogP contribution is 2.35. The van der Waals surface area contributed by atoms with Crippen molar-refractivity contribution in [2.75, 3.05) is 0 Å². The van der Waals surface area contributed by atoms with E-state index >= 15 is 0 Å². The molecule has 0 bridgehead atoms. The third-order valence-electron chi connectivity index (χ3n) is 2.17. The Labute approximate surface area is 100.0 Å². The van der Waals surface area contributed by atoms with Gasteiger partial charge in [0.25, 0.3) is 0 Å². The number of carbonyl (C=O) groups is 1. The standard InChI is InChI=1S/C10H9ClF3NO2/c11-7-3-1-2-6(10(12,13)14)5(7)4-8(15)9(16)17/h1-3,8H,4,15H2,(H,16,17)/t8-/m0/s1. The van der Waals surface area contributed by atoms with Crippen molar-refractivity contribution in [2.24, 2.45) is 5.73 Å². The second kappa shape index (κ2) is 4.93. The molecule has 0 fully saturated rings. The normalized spacial score (nSPS) is 13.5. The van der Waals surface area contributed by atoms with Gasteiger partial charge in [-0.2, -0.15) is 13.2 Å². The van der Waals surface area contributed by atoms with Gasteiger partial charge in [-0.05, 0) is 17.7 Å². The van der Waals surface area contributed by atoms with Crippen molar-refractivity contribution < 1.29 is 23.1 Å². The molecule has 94 valence electrons. The van der Waals surface area contributed by atoms with Crippen molar-refractivity contribution in [1.82, 2.24) is 0 Å². The summed E-state index contributed by atoms with van der Waals surface area (Å²) in [5, 5.41) is 8.44. The highest BCUT2D eigenvalue weighted by molar-refractivity contribution is 6.31. The lowest BCUT2D eigenvalue weighted by atomic mass is 10.00. The van der Waals surface area contributed by atoms with Crippen LogP contribution in [-0.4, -0.2) is 17.1 Å². The Hall–Kier alpha value is -1.27. The molecule has 0 saturated heterocycles. The number of carboxylic acid groups (broad SMARTS) is 1. The number of alkyl halides is 3. The maximum Gasteiger partial charge on any atom is 0.416 e. The largest absolute Gasteiger partial charge is 0.480 e. The first-order valence-corrected chi connectivity index (χ1v) is 4.94. The lowest BCUT2D eigenvalue weighted by molar-refractivity contribution is -0.140. The molecule has 1 rings (SSSR count). The van der Waals surface area contributed by atoms with Crippen molar-refractivity contribution in [3.8, 4) is 0 Å². The van der Waals surface area contributed by atoms with E-state index in [9.17, 15) is 18.0 Å². The van der Waals surface area contributed by atoms with Crippen LogP contribution in [0.25, 0.3) is 0 Å². The summed E-state index contributed by atoms with van der Waals surface area (Å²) in [4.78, 5) is 10.5. The molecule has 0 aromatic heterocycles. The molecule has 0 aliphatic carbocycles. The predicted molar refractivity (Wildman–Crippen MR) is 55.8 cm³/mol. The second-order valence-corrected chi connectivity index (χ2v) is 3.82. The lowest BCUT2D eigenvalue weighted by Crippen LogP contribution is -2.33. The van der Waals surface area contributed by atoms with E-state index in [-0.39, 0.29) is 10.6 Å². The Kier molecular flexibility index (Phi) is 4.00. The minimum atomic E-state index is -4.58. The summed E-state index contributed by atoms with van der Waals surface area (Å²) < 4.78 is 37.9. The molecule has 17 heavy (non-hydrogen) atoms. The van der Waals surface area contributed by atoms with Crippen molar-refractivity contribution >= 4 is 17.6 Å². The van der Waals surface area contributed by atoms with E-state index in [0.717, 1.165) is 12.1 Å². The number of carboxylic acids is 1. The molecule has 7 heteroatoms. The summed E-state index contributed by atoms with van der Waals surface area (Å²) in [7, 11) is 0. The molecule has 0 unspecified atom stereocenters. The van der Waals surface area contributed by atoms with E-state index in [0.29, 0.717) is 0 Å². The highest BCUT2D eigenvalue weighted by Gasteiger charge is 2.34. The van der Waals surface area contributed by atoms with Crippen molar-refractivity contribution in [1.29, 1.82) is 0 Å². The summed E-state index contributed by atoms with van der Waals surface area (Å²) >= 11 is 5.64. The third-order valence-corrected chi connectivity index (χ3v) is 2.52. The SMILES string of the molecule is N[C@@H](Cc1c(Cl)cccc1C(F)(F)F)C(=O)O. The van der Waals surface area contributed by atoms with E-state index in [1.165, 1.54) is 6.07 Å². The van der Waals surface area contributed by atoms with Crippen molar-refractivity contribution in [3.05, 3.63) is 34.3 Å². The predicted octanol–water partition coefficient (Wildman–Crippen LogP) is 2.31. The Morgan fingerprint density at radius 1 is 1.47 bits per heavy atom. The number of aliphatic carboxylic acids is 1. The summed E-state index contributed by atoms with van der Waals surface area (Å²) in [5.74, 6) is -1.38. The average Bonchev–Trinajstić information content (AvgIpc) is 2.18. The van der Waals surface area contributed by atoms with Gasteiger partial charge < -0.3 is 10.8 Å². The molecule has 3 nitrogen and oxygen atoms in total. The number of rotatable bonds is 3. The fourth-order valence-corrected chi connectivity index (χ4v) is 1.59. The van der Waals surface area contributed by atoms with Gasteiger partial charge in [-0.3, -0.25) is 4.79 Å². The van der Waals surface area contributed by atoms with Crippen LogP contribution in [0.2, 0.25) is 5.02 Å². The molecule has 3 N–H and O–H groups in total. The molecule has 0 radical (unpaired) electrons. The van der Waals surface area contributed by atoms with E-state index < -0.39 is 30.2 Å². The van der Waals surface area contributed by atoms with Crippen LogP contribution in [0.5, 0.6) is 0 Å². The Balaban J connectivity index is 3.17. The van der Waals surface area contributed by atoms with E-state index in [1.54, 1.807) is 0 Å². The Morgan fingerprint density at radius 3 is 2.53 bits per heavy atom. The molecule has 0 amide bonds. The van der Waals surface area contributed by atoms with Crippen molar-refractivity contribution in [3.63, 3.8) is 0 Å². The first-order valence-electron chi connectivity index (χ1n) is 4.56. The van der Waals surface area contributed by atoms with E-state index in [4.69, 9.17) is 22.4 Å². The minimum absolute atomic E-state index is 0.142. The first-order chi connectivity index (χ1) is 7.73. The van der Waals surface area contributed by atoms with Crippen LogP contribution in [0.4, 0.5) is 13.2 Å². The fourth-order valence-electron chi connectivity index (χ4n) is 1.34. The van der Waals surface area contributed by atoms with Crippen LogP contribution < -0.4 is 5.73 Å². The van der Waals surface area contributed by atoms with Crippen molar-refractivity contribution in [2.45, 2.75) is 18.6 Å². The molecule has 0 heterocycles. The fraction of sp³-hybridized carbons (Fsp3) is 0.300. The van der Waals surface area contributed by atoms with Crippen LogP contribution in [0.3, 0.4) is 0 Å². The van der Waals surface area contributed by atoms with Gasteiger partial charge >= 0.3 is 12.1 Å². The number of nitrogens with two attached hydrogens (primary N) is 1. The average molecular weight is 268 g/mol. The smallest absolute Gasteiger partial charge is 0.416 e. The number of halogens is 4. The molecule has 1 aromatic rings. The van der Waals surface area contributed by atoms with Gasteiger partial charge in [-0.1, -0.05) is 17.7 Å². The second-order valence-electron chi connectivity index (χ2n) is 3.41. The summed E-state index contributed by atoms with van der Waals surface area (Å²) in [6.45, 7) is 0. The maximum absolute atomic E-state index is 12.6. The summed E-state index contributed by atoms with van der Waals surface area (Å²) in [6, 6.07) is 1.84. The molecular formula is C10H9ClF3NO2. The minimum Gasteiger partial charge on any atom is -0.480 e. The quantitative estimate of drug-likeness (QED) is 0.883. The topological polar surface area (TPSA) is 63.3 Å². The van der Waals surface area contributed by atoms with Gasteiger partial charge in [-0.15, -0.1) is 0 Å². The van der Waals surface area contributed by atoms with Crippen LogP contribution in [0, 0.1) is 0 Å². The molecule has 0 aliphatic heterocycles. The van der Waals surface area contributed by atoms with Gasteiger partial charge in [0.15, 0.2) is 0 Å². The lowest BCUT2D eigenvalue weighted by Gasteiger charge is -2.15. The third kappa shape index (κ3) is 3.34. The monoisotopic (exact) mass is 267 g/mol. The zero-order valence-electron chi connectivity index (χ0n) is 8.46. The van der Waals surface area contributed by atoms with Crippen LogP contribution >= 0.6 is 11.6 Å². The molecule has 1 aromatic carbocycles. The van der Waals surface area contributed by atoms with Gasteiger partial charge in [0, 0.05) is 11.4 Å². The molecule has 0 aliphatic rings. The Bertz CT molecular complexity index is 434. The molecular weight excluding hydrogens is 259 g/mol. The van der Waals surface area contributed by atoms with Crippen LogP contribution in [0.15, 0.2) is 18.2 Å². The van der Waals surface area contributed by atoms with Gasteiger partial charge in [0.05, 0.1) is 5.56 Å². The number of hydrogen-bond acceptors (Lipinski definition) is 2. The van der Waals surface area contributed by atoms with Gasteiger partial charge in [0.2, 0.25) is 0 Å². The number of benzene rings is 1. The molecule has 0 spiro atoms. The summed E-state index contributed by atoms with van der Waals surface area (Å²) in [6.07, 6.45) is -5.05. The van der Waals surface area contributed by atoms with E-state index in [1.807, 2.05) is 0 Å². The van der Waals surface area contributed by atoms with Gasteiger partial charge in [0.1, 0.15) is 6.04 Å². The zero-order valence-corrected chi connectivity index (χ0v) is 9.22. The van der Waals surface area contributed by atoms with E-state index in [2.05, 4.69) is 0 Å². The Morgan fingerprint density at radius 2 is 2.06 bits per heavy atom. The zero-order chi connectivity index (χ0) is 13.2. The first kappa shape index (κ1) is 13.8. The summed E-state index contributed by atoms with van der Waals surface area (Å²) in [5.41, 5.74) is 3.95. The van der Waals surface area contributed by atoms with Crippen LogP contribution in [0.1, 0.15) is 11.1 Å². The van der Waals surface area contributed by atoms with Crippen LogP contribution in [-0.2, 0) is 17.4 Å². The highest BCUT2D eigenvalue weighted by atomic mass is 35.5. The van der Waals surface area contributed by atoms with Gasteiger partial charge in [-0.25, -0.2) is 0 Å². The molecule has 1 atom stereocenters. The maximum atomic E-state index is 12.6. The number of hydrogen-bond donors (Lipinski definition) is 2.